The molecule has 1 fully saturated rings. The Morgan fingerprint density at radius 3 is 2.86 bits per heavy atom. The van der Waals surface area contributed by atoms with Crippen LogP contribution >= 0.6 is 11.6 Å². The molecule has 0 saturated carbocycles. The number of carbonyl (C=O) groups excluding carboxylic acids is 2. The number of amides is 3. The van der Waals surface area contributed by atoms with Gasteiger partial charge in [-0.1, -0.05) is 18.5 Å². The lowest BCUT2D eigenvalue weighted by Gasteiger charge is -2.35. The maximum absolute atomic E-state index is 13.3. The molecule has 0 radical (unpaired) electrons. The van der Waals surface area contributed by atoms with Crippen LogP contribution in [0.15, 0.2) is 24.4 Å². The smallest absolute Gasteiger partial charge is 0.314 e. The van der Waals surface area contributed by atoms with Gasteiger partial charge in [0.05, 0.1) is 41.7 Å². The first-order valence-electron chi connectivity index (χ1n) is 9.24. The maximum atomic E-state index is 13.3. The van der Waals surface area contributed by atoms with Gasteiger partial charge >= 0.3 is 6.03 Å². The third kappa shape index (κ3) is 3.22. The molecule has 2 aromatic rings. The summed E-state index contributed by atoms with van der Waals surface area (Å²) in [6, 6.07) is 3.65. The van der Waals surface area contributed by atoms with Crippen molar-refractivity contribution in [3.63, 3.8) is 0 Å². The summed E-state index contributed by atoms with van der Waals surface area (Å²) in [6.07, 6.45) is 2.52. The number of fused-ring (bicyclic) bond motifs is 1. The molecule has 3 heterocycles. The summed E-state index contributed by atoms with van der Waals surface area (Å²) in [5, 5.41) is 7.13. The van der Waals surface area contributed by atoms with Gasteiger partial charge in [-0.15, -0.1) is 0 Å². The van der Waals surface area contributed by atoms with Crippen LogP contribution in [0.1, 0.15) is 27.4 Å². The van der Waals surface area contributed by atoms with Crippen LogP contribution in [0.4, 0.5) is 20.6 Å². The standard InChI is InChI=1S/C19H21ClFN5O2.H2/c1-11-5-6-24(18(11)27)16-8-22-26-9-12(2)25(10-17(16)26)19(28)23-13-3-4-15(21)14(20)7-13;/h3-4,7-8,11-12H,5-6,9-10H2,1-2H3,(H,23,28);1H/t11?,12-;/m0./s1. The lowest BCUT2D eigenvalue weighted by Crippen LogP contribution is -2.47. The van der Waals surface area contributed by atoms with Crippen LogP contribution in [-0.4, -0.2) is 39.2 Å². The number of nitrogens with zero attached hydrogens (tertiary/aromatic N) is 4. The van der Waals surface area contributed by atoms with E-state index in [0.29, 0.717) is 25.3 Å². The molecule has 2 atom stereocenters. The van der Waals surface area contributed by atoms with Crippen molar-refractivity contribution in [2.24, 2.45) is 5.92 Å². The molecule has 4 rings (SSSR count). The van der Waals surface area contributed by atoms with Crippen molar-refractivity contribution in [1.29, 1.82) is 0 Å². The summed E-state index contributed by atoms with van der Waals surface area (Å²) in [5.41, 5.74) is 2.03. The number of urea groups is 1. The molecule has 9 heteroatoms. The summed E-state index contributed by atoms with van der Waals surface area (Å²) in [6.45, 7) is 5.38. The molecule has 2 aliphatic rings. The van der Waals surface area contributed by atoms with Crippen LogP contribution < -0.4 is 10.2 Å². The minimum Gasteiger partial charge on any atom is -0.314 e. The molecular formula is C19H23ClFN5O2. The second-order valence-electron chi connectivity index (χ2n) is 7.37. The van der Waals surface area contributed by atoms with E-state index in [0.717, 1.165) is 17.8 Å². The van der Waals surface area contributed by atoms with E-state index >= 15 is 0 Å². The summed E-state index contributed by atoms with van der Waals surface area (Å²) in [5.74, 6) is -0.448. The van der Waals surface area contributed by atoms with E-state index in [1.54, 1.807) is 16.0 Å². The fourth-order valence-electron chi connectivity index (χ4n) is 3.72. The molecule has 0 bridgehead atoms. The Balaban J connectivity index is 0.00000240. The Kier molecular flexibility index (Phi) is 4.74. The van der Waals surface area contributed by atoms with Gasteiger partial charge in [0.2, 0.25) is 5.91 Å². The number of hydrogen-bond donors (Lipinski definition) is 1. The average molecular weight is 408 g/mol. The van der Waals surface area contributed by atoms with Crippen LogP contribution in [0.25, 0.3) is 0 Å². The Labute approximate surface area is 168 Å². The maximum Gasteiger partial charge on any atom is 0.322 e. The van der Waals surface area contributed by atoms with E-state index in [1.165, 1.54) is 18.2 Å². The van der Waals surface area contributed by atoms with E-state index in [1.807, 2.05) is 18.5 Å². The molecule has 0 aliphatic carbocycles. The lowest BCUT2D eigenvalue weighted by molar-refractivity contribution is -0.119. The Morgan fingerprint density at radius 1 is 1.39 bits per heavy atom. The van der Waals surface area contributed by atoms with Crippen molar-refractivity contribution in [2.45, 2.75) is 39.4 Å². The number of halogens is 2. The van der Waals surface area contributed by atoms with Gasteiger partial charge in [-0.05, 0) is 31.5 Å². The third-order valence-electron chi connectivity index (χ3n) is 5.41. The summed E-state index contributed by atoms with van der Waals surface area (Å²) in [4.78, 5) is 28.7. The molecule has 1 N–H and O–H groups in total. The van der Waals surface area contributed by atoms with Crippen LogP contribution in [0.5, 0.6) is 0 Å². The SMILES string of the molecule is CC1CCN(c2cnn3c2CN(C(=O)Nc2ccc(F)c(Cl)c2)[C@@H](C)C3)C1=O.[HH]. The first kappa shape index (κ1) is 18.7. The monoisotopic (exact) mass is 407 g/mol. The topological polar surface area (TPSA) is 70.5 Å². The van der Waals surface area contributed by atoms with Gasteiger partial charge in [0.15, 0.2) is 0 Å². The highest BCUT2D eigenvalue weighted by atomic mass is 35.5. The highest BCUT2D eigenvalue weighted by molar-refractivity contribution is 6.31. The predicted octanol–water partition coefficient (Wildman–Crippen LogP) is 3.73. The fraction of sp³-hybridized carbons (Fsp3) is 0.421. The molecule has 1 aromatic carbocycles. The zero-order valence-electron chi connectivity index (χ0n) is 15.7. The zero-order chi connectivity index (χ0) is 20.0. The van der Waals surface area contributed by atoms with E-state index < -0.39 is 5.82 Å². The number of rotatable bonds is 2. The Bertz CT molecular complexity index is 953. The zero-order valence-corrected chi connectivity index (χ0v) is 16.4. The molecule has 7 nitrogen and oxygen atoms in total. The van der Waals surface area contributed by atoms with Crippen molar-refractivity contribution in [2.75, 3.05) is 16.8 Å². The first-order valence-corrected chi connectivity index (χ1v) is 9.61. The molecule has 3 amide bonds. The second kappa shape index (κ2) is 7.09. The summed E-state index contributed by atoms with van der Waals surface area (Å²) >= 11 is 5.79. The molecule has 1 unspecified atom stereocenters. The fourth-order valence-corrected chi connectivity index (χ4v) is 3.90. The van der Waals surface area contributed by atoms with Crippen molar-refractivity contribution >= 4 is 34.9 Å². The molecule has 2 aliphatic heterocycles. The van der Waals surface area contributed by atoms with Gasteiger partial charge in [-0.25, -0.2) is 9.18 Å². The van der Waals surface area contributed by atoms with Crippen LogP contribution in [0.2, 0.25) is 5.02 Å². The van der Waals surface area contributed by atoms with Crippen molar-refractivity contribution in [3.8, 4) is 0 Å². The van der Waals surface area contributed by atoms with Gasteiger partial charge in [-0.3, -0.25) is 9.48 Å². The molecule has 28 heavy (non-hydrogen) atoms. The largest absolute Gasteiger partial charge is 0.322 e. The van der Waals surface area contributed by atoms with Crippen LogP contribution in [0, 0.1) is 11.7 Å². The van der Waals surface area contributed by atoms with Gasteiger partial charge in [0.25, 0.3) is 0 Å². The van der Waals surface area contributed by atoms with Gasteiger partial charge in [-0.2, -0.15) is 5.10 Å². The highest BCUT2D eigenvalue weighted by Crippen LogP contribution is 2.32. The minimum atomic E-state index is -0.538. The van der Waals surface area contributed by atoms with Gasteiger partial charge < -0.3 is 15.1 Å². The quantitative estimate of drug-likeness (QED) is 0.824. The number of benzene rings is 1. The molecule has 150 valence electrons. The summed E-state index contributed by atoms with van der Waals surface area (Å²) in [7, 11) is 0. The van der Waals surface area contributed by atoms with Gasteiger partial charge in [0, 0.05) is 19.6 Å². The van der Waals surface area contributed by atoms with Crippen LogP contribution in [0.3, 0.4) is 0 Å². The number of hydrogen-bond acceptors (Lipinski definition) is 3. The van der Waals surface area contributed by atoms with Crippen molar-refractivity contribution in [3.05, 3.63) is 40.9 Å². The summed E-state index contributed by atoms with van der Waals surface area (Å²) < 4.78 is 15.2. The normalized spacial score (nSPS) is 21.8. The molecular weight excluding hydrogens is 385 g/mol. The second-order valence-corrected chi connectivity index (χ2v) is 7.78. The van der Waals surface area contributed by atoms with E-state index in [9.17, 15) is 14.0 Å². The van der Waals surface area contributed by atoms with Crippen molar-refractivity contribution < 1.29 is 15.4 Å². The first-order chi connectivity index (χ1) is 13.3. The Hall–Kier alpha value is -2.61. The minimum absolute atomic E-state index is 0. The van der Waals surface area contributed by atoms with Crippen molar-refractivity contribution in [1.82, 2.24) is 14.7 Å². The number of aromatic nitrogens is 2. The molecule has 0 spiro atoms. The van der Waals surface area contributed by atoms with E-state index in [4.69, 9.17) is 11.6 Å². The number of carbonyl (C=O) groups is 2. The Morgan fingerprint density at radius 2 is 2.18 bits per heavy atom. The average Bonchev–Trinajstić information content (AvgIpc) is 3.20. The molecule has 1 aromatic heterocycles. The molecule has 1 saturated heterocycles. The lowest BCUT2D eigenvalue weighted by atomic mass is 10.1. The van der Waals surface area contributed by atoms with E-state index in [-0.39, 0.29) is 30.3 Å². The number of nitrogens with one attached hydrogen (secondary N) is 1. The van der Waals surface area contributed by atoms with Gasteiger partial charge in [0.1, 0.15) is 5.82 Å². The third-order valence-corrected chi connectivity index (χ3v) is 5.70. The number of anilines is 2. The predicted molar refractivity (Wildman–Crippen MR) is 106 cm³/mol. The van der Waals surface area contributed by atoms with E-state index in [2.05, 4.69) is 10.4 Å². The highest BCUT2D eigenvalue weighted by Gasteiger charge is 2.35. The van der Waals surface area contributed by atoms with Crippen LogP contribution in [-0.2, 0) is 17.9 Å².